The van der Waals surface area contributed by atoms with Crippen molar-refractivity contribution < 1.29 is 0 Å². The lowest BCUT2D eigenvalue weighted by molar-refractivity contribution is 0.235. The van der Waals surface area contributed by atoms with Gasteiger partial charge in [0.1, 0.15) is 5.82 Å². The Kier molecular flexibility index (Phi) is 3.56. The largest absolute Gasteiger partial charge is 0.329 e. The van der Waals surface area contributed by atoms with Crippen LogP contribution in [0.2, 0.25) is 0 Å². The Morgan fingerprint density at radius 2 is 2.24 bits per heavy atom. The summed E-state index contributed by atoms with van der Waals surface area (Å²) in [5, 5.41) is 3.48. The van der Waals surface area contributed by atoms with Gasteiger partial charge in [0.2, 0.25) is 0 Å². The van der Waals surface area contributed by atoms with Crippen molar-refractivity contribution in [1.29, 1.82) is 0 Å². The minimum atomic E-state index is 0.663. The Bertz CT molecular complexity index is 519. The highest BCUT2D eigenvalue weighted by molar-refractivity contribution is 5.22. The standard InChI is InChI=1S/C18H29N3/c1-3-4-18-20-16-11-19-8-7-17(16)21(18)12(2)15-10-13-5-6-14(15)9-13/h12-15,19H,3-11H2,1-2H3. The number of fused-ring (bicyclic) bond motifs is 3. The van der Waals surface area contributed by atoms with Crippen LogP contribution in [0.15, 0.2) is 0 Å². The van der Waals surface area contributed by atoms with Crippen LogP contribution in [0.5, 0.6) is 0 Å². The van der Waals surface area contributed by atoms with Gasteiger partial charge in [-0.3, -0.25) is 0 Å². The molecule has 0 spiro atoms. The van der Waals surface area contributed by atoms with Crippen LogP contribution in [0.4, 0.5) is 0 Å². The smallest absolute Gasteiger partial charge is 0.109 e. The zero-order valence-electron chi connectivity index (χ0n) is 13.6. The third-order valence-corrected chi connectivity index (χ3v) is 6.29. The first-order valence-electron chi connectivity index (χ1n) is 9.07. The molecule has 3 nitrogen and oxygen atoms in total. The number of hydrogen-bond acceptors (Lipinski definition) is 2. The first kappa shape index (κ1) is 13.8. The molecule has 4 atom stereocenters. The van der Waals surface area contributed by atoms with Crippen LogP contribution < -0.4 is 5.32 Å². The lowest BCUT2D eigenvalue weighted by Crippen LogP contribution is -2.29. The van der Waals surface area contributed by atoms with E-state index in [-0.39, 0.29) is 0 Å². The van der Waals surface area contributed by atoms with E-state index in [9.17, 15) is 0 Å². The lowest BCUT2D eigenvalue weighted by Gasteiger charge is -2.32. The van der Waals surface area contributed by atoms with Crippen molar-refractivity contribution in [3.05, 3.63) is 17.2 Å². The second-order valence-electron chi connectivity index (χ2n) is 7.55. The molecule has 1 N–H and O–H groups in total. The molecule has 4 rings (SSSR count). The second-order valence-corrected chi connectivity index (χ2v) is 7.55. The fourth-order valence-electron chi connectivity index (χ4n) is 5.35. The van der Waals surface area contributed by atoms with E-state index < -0.39 is 0 Å². The maximum Gasteiger partial charge on any atom is 0.109 e. The summed E-state index contributed by atoms with van der Waals surface area (Å²) in [6.07, 6.45) is 9.48. The molecule has 2 fully saturated rings. The maximum absolute atomic E-state index is 5.00. The summed E-state index contributed by atoms with van der Waals surface area (Å²) in [5.74, 6) is 4.31. The van der Waals surface area contributed by atoms with E-state index in [0.29, 0.717) is 6.04 Å². The number of aromatic nitrogens is 2. The van der Waals surface area contributed by atoms with Gasteiger partial charge in [0.15, 0.2) is 0 Å². The van der Waals surface area contributed by atoms with E-state index >= 15 is 0 Å². The predicted molar refractivity (Wildman–Crippen MR) is 85.3 cm³/mol. The highest BCUT2D eigenvalue weighted by Crippen LogP contribution is 2.52. The topological polar surface area (TPSA) is 29.9 Å². The summed E-state index contributed by atoms with van der Waals surface area (Å²) in [5.41, 5.74) is 2.88. The normalized spacial score (nSPS) is 32.4. The van der Waals surface area contributed by atoms with Gasteiger partial charge in [-0.25, -0.2) is 4.98 Å². The average molecular weight is 287 g/mol. The molecule has 0 aromatic carbocycles. The highest BCUT2D eigenvalue weighted by Gasteiger charge is 2.43. The van der Waals surface area contributed by atoms with Crippen LogP contribution in [-0.2, 0) is 19.4 Å². The Morgan fingerprint density at radius 1 is 1.33 bits per heavy atom. The first-order valence-corrected chi connectivity index (χ1v) is 9.07. The molecule has 0 radical (unpaired) electrons. The van der Waals surface area contributed by atoms with Crippen molar-refractivity contribution in [3.63, 3.8) is 0 Å². The van der Waals surface area contributed by atoms with Gasteiger partial charge in [0.05, 0.1) is 5.69 Å². The molecular formula is C18H29N3. The summed E-state index contributed by atoms with van der Waals surface area (Å²) >= 11 is 0. The first-order chi connectivity index (χ1) is 10.3. The number of aryl methyl sites for hydroxylation is 1. The minimum Gasteiger partial charge on any atom is -0.329 e. The fourth-order valence-corrected chi connectivity index (χ4v) is 5.35. The van der Waals surface area contributed by atoms with Crippen molar-refractivity contribution >= 4 is 0 Å². The molecule has 116 valence electrons. The van der Waals surface area contributed by atoms with Crippen LogP contribution in [0.25, 0.3) is 0 Å². The Labute approximate surface area is 128 Å². The molecule has 2 aliphatic carbocycles. The lowest BCUT2D eigenvalue weighted by atomic mass is 9.83. The summed E-state index contributed by atoms with van der Waals surface area (Å²) in [6.45, 7) is 6.85. The van der Waals surface area contributed by atoms with Crippen molar-refractivity contribution in [3.8, 4) is 0 Å². The second kappa shape index (κ2) is 5.42. The van der Waals surface area contributed by atoms with Crippen LogP contribution in [-0.4, -0.2) is 16.1 Å². The summed E-state index contributed by atoms with van der Waals surface area (Å²) in [7, 11) is 0. The van der Waals surface area contributed by atoms with Gasteiger partial charge in [-0.1, -0.05) is 13.3 Å². The Morgan fingerprint density at radius 3 is 2.95 bits per heavy atom. The summed E-state index contributed by atoms with van der Waals surface area (Å²) in [4.78, 5) is 5.00. The Hall–Kier alpha value is -0.830. The molecule has 0 saturated heterocycles. The van der Waals surface area contributed by atoms with Crippen LogP contribution >= 0.6 is 0 Å². The third kappa shape index (κ3) is 2.25. The number of nitrogens with zero attached hydrogens (tertiary/aromatic N) is 2. The van der Waals surface area contributed by atoms with Crippen LogP contribution in [0.3, 0.4) is 0 Å². The number of hydrogen-bond donors (Lipinski definition) is 1. The predicted octanol–water partition coefficient (Wildman–Crippen LogP) is 3.48. The van der Waals surface area contributed by atoms with Crippen molar-refractivity contribution in [1.82, 2.24) is 14.9 Å². The molecular weight excluding hydrogens is 258 g/mol. The number of nitrogens with one attached hydrogen (secondary N) is 1. The third-order valence-electron chi connectivity index (χ3n) is 6.29. The van der Waals surface area contributed by atoms with Crippen LogP contribution in [0.1, 0.15) is 69.2 Å². The van der Waals surface area contributed by atoms with E-state index in [1.807, 2.05) is 0 Å². The van der Waals surface area contributed by atoms with Crippen molar-refractivity contribution in [2.45, 2.75) is 71.4 Å². The van der Waals surface area contributed by atoms with Gasteiger partial charge in [-0.05, 0) is 50.4 Å². The molecule has 0 amide bonds. The molecule has 21 heavy (non-hydrogen) atoms. The number of rotatable bonds is 4. The summed E-state index contributed by atoms with van der Waals surface area (Å²) < 4.78 is 2.67. The molecule has 2 saturated carbocycles. The van der Waals surface area contributed by atoms with Crippen molar-refractivity contribution in [2.24, 2.45) is 17.8 Å². The van der Waals surface area contributed by atoms with E-state index in [2.05, 4.69) is 23.7 Å². The summed E-state index contributed by atoms with van der Waals surface area (Å²) in [6, 6.07) is 0.663. The van der Waals surface area contributed by atoms with Crippen LogP contribution in [0, 0.1) is 17.8 Å². The van der Waals surface area contributed by atoms with E-state index in [1.54, 1.807) is 5.69 Å². The monoisotopic (exact) mass is 287 g/mol. The van der Waals surface area contributed by atoms with E-state index in [1.165, 1.54) is 43.6 Å². The minimum absolute atomic E-state index is 0.663. The molecule has 1 aromatic rings. The molecule has 4 unspecified atom stereocenters. The molecule has 1 aliphatic heterocycles. The average Bonchev–Trinajstić information content (AvgIpc) is 3.20. The number of imidazole rings is 1. The van der Waals surface area contributed by atoms with Gasteiger partial charge >= 0.3 is 0 Å². The molecule has 3 aliphatic rings. The zero-order valence-corrected chi connectivity index (χ0v) is 13.6. The van der Waals surface area contributed by atoms with Gasteiger partial charge in [0.25, 0.3) is 0 Å². The van der Waals surface area contributed by atoms with E-state index in [0.717, 1.165) is 43.7 Å². The van der Waals surface area contributed by atoms with Gasteiger partial charge < -0.3 is 9.88 Å². The molecule has 2 bridgehead atoms. The maximum atomic E-state index is 5.00. The quantitative estimate of drug-likeness (QED) is 0.919. The Balaban J connectivity index is 1.67. The van der Waals surface area contributed by atoms with Gasteiger partial charge in [0, 0.05) is 37.7 Å². The molecule has 1 aromatic heterocycles. The van der Waals surface area contributed by atoms with Crippen molar-refractivity contribution in [2.75, 3.05) is 6.54 Å². The zero-order chi connectivity index (χ0) is 14.4. The SMILES string of the molecule is CCCc1nc2c(n1C(C)C1CC3CCC1C3)CCNC2. The molecule has 3 heteroatoms. The fraction of sp³-hybridized carbons (Fsp3) is 0.833. The van der Waals surface area contributed by atoms with Gasteiger partial charge in [-0.2, -0.15) is 0 Å². The highest BCUT2D eigenvalue weighted by atomic mass is 15.1. The molecule has 2 heterocycles. The van der Waals surface area contributed by atoms with Gasteiger partial charge in [-0.15, -0.1) is 0 Å². The van der Waals surface area contributed by atoms with E-state index in [4.69, 9.17) is 4.98 Å².